The Morgan fingerprint density at radius 3 is 2.68 bits per heavy atom. The molecule has 3 heterocycles. The van der Waals surface area contributed by atoms with E-state index in [-0.39, 0.29) is 0 Å². The molecule has 0 fully saturated rings. The molecule has 0 N–H and O–H groups in total. The van der Waals surface area contributed by atoms with E-state index >= 15 is 0 Å². The van der Waals surface area contributed by atoms with Gasteiger partial charge in [0.1, 0.15) is 0 Å². The predicted molar refractivity (Wildman–Crippen MR) is 94.9 cm³/mol. The predicted octanol–water partition coefficient (Wildman–Crippen LogP) is 4.51. The highest BCUT2D eigenvalue weighted by Gasteiger charge is 2.15. The van der Waals surface area contributed by atoms with E-state index in [2.05, 4.69) is 26.8 Å². The first-order valence-electron chi connectivity index (χ1n) is 7.96. The average Bonchev–Trinajstić information content (AvgIpc) is 3.39. The third-order valence-electron chi connectivity index (χ3n) is 3.74. The summed E-state index contributed by atoms with van der Waals surface area (Å²) in [6, 6.07) is 15.6. The van der Waals surface area contributed by atoms with E-state index in [0.29, 0.717) is 17.3 Å². The first-order chi connectivity index (χ1) is 12.3. The van der Waals surface area contributed by atoms with Gasteiger partial charge in [0.15, 0.2) is 16.7 Å². The number of hydrogen-bond acceptors (Lipinski definition) is 6. The summed E-state index contributed by atoms with van der Waals surface area (Å²) in [7, 11) is 0. The van der Waals surface area contributed by atoms with E-state index < -0.39 is 0 Å². The minimum atomic E-state index is 0.627. The van der Waals surface area contributed by atoms with Gasteiger partial charge < -0.3 is 13.5 Å². The Labute approximate surface area is 148 Å². The molecule has 0 aliphatic rings. The molecule has 0 atom stereocenters. The molecule has 6 nitrogen and oxygen atoms in total. The standard InChI is InChI=1S/C18H16N4O2S/c1-2-22-17(13-7-4-3-5-8-13)19-20-18(22)25-12-14-11-16(24-21-14)15-9-6-10-23-15/h3-11H,2,12H2,1H3. The lowest BCUT2D eigenvalue weighted by molar-refractivity contribution is 0.413. The summed E-state index contributed by atoms with van der Waals surface area (Å²) < 4.78 is 12.8. The smallest absolute Gasteiger partial charge is 0.202 e. The third kappa shape index (κ3) is 3.23. The molecular formula is C18H16N4O2S. The third-order valence-corrected chi connectivity index (χ3v) is 4.74. The molecule has 25 heavy (non-hydrogen) atoms. The van der Waals surface area contributed by atoms with Crippen LogP contribution >= 0.6 is 11.8 Å². The van der Waals surface area contributed by atoms with Crippen molar-refractivity contribution in [3.05, 3.63) is 60.5 Å². The molecule has 0 bridgehead atoms. The first-order valence-corrected chi connectivity index (χ1v) is 8.94. The lowest BCUT2D eigenvalue weighted by Gasteiger charge is -2.06. The first kappa shape index (κ1) is 15.7. The summed E-state index contributed by atoms with van der Waals surface area (Å²) in [5.41, 5.74) is 1.90. The van der Waals surface area contributed by atoms with Gasteiger partial charge in [-0.15, -0.1) is 10.2 Å². The normalized spacial score (nSPS) is 11.1. The van der Waals surface area contributed by atoms with E-state index in [1.54, 1.807) is 18.0 Å². The van der Waals surface area contributed by atoms with Crippen molar-refractivity contribution < 1.29 is 8.94 Å². The second-order valence-electron chi connectivity index (χ2n) is 5.36. The minimum Gasteiger partial charge on any atom is -0.461 e. The second-order valence-corrected chi connectivity index (χ2v) is 6.31. The maximum absolute atomic E-state index is 5.33. The fraction of sp³-hybridized carbons (Fsp3) is 0.167. The van der Waals surface area contributed by atoms with E-state index in [1.807, 2.05) is 48.5 Å². The lowest BCUT2D eigenvalue weighted by Crippen LogP contribution is -1.99. The van der Waals surface area contributed by atoms with Crippen LogP contribution in [0.3, 0.4) is 0 Å². The Bertz CT molecular complexity index is 945. The summed E-state index contributed by atoms with van der Waals surface area (Å²) in [4.78, 5) is 0. The van der Waals surface area contributed by atoms with Crippen LogP contribution in [0.5, 0.6) is 0 Å². The van der Waals surface area contributed by atoms with Crippen molar-refractivity contribution in [1.29, 1.82) is 0 Å². The van der Waals surface area contributed by atoms with Crippen LogP contribution in [0.4, 0.5) is 0 Å². The maximum atomic E-state index is 5.33. The maximum Gasteiger partial charge on any atom is 0.202 e. The molecular weight excluding hydrogens is 336 g/mol. The molecule has 4 aromatic rings. The molecule has 3 aromatic heterocycles. The van der Waals surface area contributed by atoms with Crippen molar-refractivity contribution in [3.8, 4) is 22.9 Å². The largest absolute Gasteiger partial charge is 0.461 e. The number of benzene rings is 1. The van der Waals surface area contributed by atoms with Crippen LogP contribution in [0.25, 0.3) is 22.9 Å². The molecule has 0 aliphatic carbocycles. The molecule has 0 unspecified atom stereocenters. The Balaban J connectivity index is 1.51. The van der Waals surface area contributed by atoms with Gasteiger partial charge in [0.05, 0.1) is 12.0 Å². The van der Waals surface area contributed by atoms with E-state index in [9.17, 15) is 0 Å². The van der Waals surface area contributed by atoms with Crippen molar-refractivity contribution in [2.75, 3.05) is 0 Å². The molecule has 0 spiro atoms. The minimum absolute atomic E-state index is 0.627. The zero-order valence-corrected chi connectivity index (χ0v) is 14.4. The number of aromatic nitrogens is 4. The summed E-state index contributed by atoms with van der Waals surface area (Å²) in [6.07, 6.45) is 1.61. The average molecular weight is 352 g/mol. The molecule has 0 amide bonds. The fourth-order valence-electron chi connectivity index (χ4n) is 2.53. The summed E-state index contributed by atoms with van der Waals surface area (Å²) in [5, 5.41) is 13.6. The lowest BCUT2D eigenvalue weighted by atomic mass is 10.2. The van der Waals surface area contributed by atoms with Crippen molar-refractivity contribution in [1.82, 2.24) is 19.9 Å². The van der Waals surface area contributed by atoms with Gasteiger partial charge in [0.2, 0.25) is 5.76 Å². The number of thioether (sulfide) groups is 1. The summed E-state index contributed by atoms with van der Waals surface area (Å²) >= 11 is 1.59. The van der Waals surface area contributed by atoms with Gasteiger partial charge in [-0.1, -0.05) is 47.3 Å². The highest BCUT2D eigenvalue weighted by Crippen LogP contribution is 2.28. The molecule has 0 saturated carbocycles. The van der Waals surface area contributed by atoms with Crippen LogP contribution in [0, 0.1) is 0 Å². The Morgan fingerprint density at radius 2 is 1.92 bits per heavy atom. The summed E-state index contributed by atoms with van der Waals surface area (Å²) in [5.74, 6) is 2.83. The Morgan fingerprint density at radius 1 is 1.04 bits per heavy atom. The van der Waals surface area contributed by atoms with Crippen molar-refractivity contribution in [2.45, 2.75) is 24.4 Å². The van der Waals surface area contributed by atoms with E-state index in [1.165, 1.54) is 0 Å². The number of furan rings is 1. The van der Waals surface area contributed by atoms with Gasteiger partial charge in [-0.2, -0.15) is 0 Å². The van der Waals surface area contributed by atoms with Crippen LogP contribution in [0.2, 0.25) is 0 Å². The highest BCUT2D eigenvalue weighted by molar-refractivity contribution is 7.98. The van der Waals surface area contributed by atoms with Gasteiger partial charge in [-0.25, -0.2) is 0 Å². The van der Waals surface area contributed by atoms with Crippen molar-refractivity contribution in [3.63, 3.8) is 0 Å². The van der Waals surface area contributed by atoms with Gasteiger partial charge in [0, 0.05) is 23.9 Å². The molecule has 0 saturated heterocycles. The van der Waals surface area contributed by atoms with Crippen molar-refractivity contribution >= 4 is 11.8 Å². The Hall–Kier alpha value is -2.80. The second kappa shape index (κ2) is 6.98. The van der Waals surface area contributed by atoms with Crippen LogP contribution in [0.15, 0.2) is 68.9 Å². The van der Waals surface area contributed by atoms with Crippen LogP contribution in [0.1, 0.15) is 12.6 Å². The Kier molecular flexibility index (Phi) is 4.39. The molecule has 4 rings (SSSR count). The van der Waals surface area contributed by atoms with Gasteiger partial charge in [0.25, 0.3) is 0 Å². The molecule has 7 heteroatoms. The van der Waals surface area contributed by atoms with Gasteiger partial charge >= 0.3 is 0 Å². The molecule has 1 aromatic carbocycles. The van der Waals surface area contributed by atoms with E-state index in [0.717, 1.165) is 28.8 Å². The van der Waals surface area contributed by atoms with Gasteiger partial charge in [-0.05, 0) is 19.1 Å². The zero-order chi connectivity index (χ0) is 17.1. The quantitative estimate of drug-likeness (QED) is 0.476. The summed E-state index contributed by atoms with van der Waals surface area (Å²) in [6.45, 7) is 2.89. The molecule has 0 aliphatic heterocycles. The number of nitrogens with zero attached hydrogens (tertiary/aromatic N) is 4. The number of rotatable bonds is 6. The SMILES string of the molecule is CCn1c(SCc2cc(-c3ccco3)on2)nnc1-c1ccccc1. The molecule has 0 radical (unpaired) electrons. The highest BCUT2D eigenvalue weighted by atomic mass is 32.2. The molecule has 126 valence electrons. The zero-order valence-electron chi connectivity index (χ0n) is 13.6. The van der Waals surface area contributed by atoms with Crippen molar-refractivity contribution in [2.24, 2.45) is 0 Å². The van der Waals surface area contributed by atoms with Crippen LogP contribution < -0.4 is 0 Å². The number of hydrogen-bond donors (Lipinski definition) is 0. The monoisotopic (exact) mass is 352 g/mol. The van der Waals surface area contributed by atoms with Crippen LogP contribution in [-0.2, 0) is 12.3 Å². The fourth-order valence-corrected chi connectivity index (χ4v) is 3.42. The topological polar surface area (TPSA) is 69.9 Å². The van der Waals surface area contributed by atoms with E-state index in [4.69, 9.17) is 8.94 Å². The van der Waals surface area contributed by atoms with Crippen LogP contribution in [-0.4, -0.2) is 19.9 Å². The van der Waals surface area contributed by atoms with Gasteiger partial charge in [-0.3, -0.25) is 0 Å².